The van der Waals surface area contributed by atoms with Gasteiger partial charge in [-0.2, -0.15) is 4.98 Å². The first-order chi connectivity index (χ1) is 6.76. The van der Waals surface area contributed by atoms with Crippen molar-refractivity contribution in [1.82, 2.24) is 9.97 Å². The van der Waals surface area contributed by atoms with Gasteiger partial charge >= 0.3 is 0 Å². The lowest BCUT2D eigenvalue weighted by Crippen LogP contribution is -1.99. The molecule has 5 nitrogen and oxygen atoms in total. The second-order valence-corrected chi connectivity index (χ2v) is 3.56. The Kier molecular flexibility index (Phi) is 4.48. The van der Waals surface area contributed by atoms with Crippen molar-refractivity contribution in [3.8, 4) is 5.88 Å². The van der Waals surface area contributed by atoms with Crippen molar-refractivity contribution < 1.29 is 9.47 Å². The SMILES string of the molecule is COCCSc1cc(OC)nc(N)n1. The van der Waals surface area contributed by atoms with Crippen LogP contribution >= 0.6 is 11.8 Å². The number of thioether (sulfide) groups is 1. The Morgan fingerprint density at radius 3 is 2.86 bits per heavy atom. The maximum absolute atomic E-state index is 5.49. The molecule has 0 fully saturated rings. The molecular formula is C8H13N3O2S. The topological polar surface area (TPSA) is 70.3 Å². The van der Waals surface area contributed by atoms with Crippen molar-refractivity contribution in [2.24, 2.45) is 0 Å². The Bertz CT molecular complexity index is 296. The maximum atomic E-state index is 5.49. The molecule has 0 radical (unpaired) electrons. The average Bonchev–Trinajstić information content (AvgIpc) is 2.17. The van der Waals surface area contributed by atoms with Crippen LogP contribution in [-0.4, -0.2) is 36.5 Å². The van der Waals surface area contributed by atoms with E-state index in [1.165, 1.54) is 0 Å². The third-order valence-electron chi connectivity index (χ3n) is 1.44. The van der Waals surface area contributed by atoms with Crippen molar-refractivity contribution in [2.75, 3.05) is 32.3 Å². The summed E-state index contributed by atoms with van der Waals surface area (Å²) in [5.41, 5.74) is 5.49. The predicted octanol–water partition coefficient (Wildman–Crippen LogP) is 0.806. The molecule has 1 heterocycles. The van der Waals surface area contributed by atoms with Crippen LogP contribution in [0.3, 0.4) is 0 Å². The van der Waals surface area contributed by atoms with Gasteiger partial charge in [0.25, 0.3) is 0 Å². The summed E-state index contributed by atoms with van der Waals surface area (Å²) in [6.45, 7) is 0.677. The van der Waals surface area contributed by atoms with Crippen molar-refractivity contribution in [2.45, 2.75) is 5.03 Å². The normalized spacial score (nSPS) is 10.1. The van der Waals surface area contributed by atoms with E-state index >= 15 is 0 Å². The van der Waals surface area contributed by atoms with E-state index in [4.69, 9.17) is 15.2 Å². The molecule has 0 aliphatic carbocycles. The van der Waals surface area contributed by atoms with E-state index in [2.05, 4.69) is 9.97 Å². The first-order valence-corrected chi connectivity index (χ1v) is 5.05. The number of aromatic nitrogens is 2. The molecule has 14 heavy (non-hydrogen) atoms. The van der Waals surface area contributed by atoms with Crippen LogP contribution in [0.5, 0.6) is 5.88 Å². The molecule has 6 heteroatoms. The highest BCUT2D eigenvalue weighted by molar-refractivity contribution is 7.99. The quantitative estimate of drug-likeness (QED) is 0.445. The Morgan fingerprint density at radius 1 is 1.43 bits per heavy atom. The standard InChI is InChI=1S/C8H13N3O2S/c1-12-3-4-14-7-5-6(13-2)10-8(9)11-7/h5H,3-4H2,1-2H3,(H2,9,10,11). The summed E-state index contributed by atoms with van der Waals surface area (Å²) < 4.78 is 9.89. The fourth-order valence-corrected chi connectivity index (χ4v) is 1.63. The van der Waals surface area contributed by atoms with E-state index in [1.807, 2.05) is 0 Å². The molecule has 0 saturated carbocycles. The van der Waals surface area contributed by atoms with Crippen molar-refractivity contribution >= 4 is 17.7 Å². The van der Waals surface area contributed by atoms with Crippen LogP contribution < -0.4 is 10.5 Å². The number of nitrogen functional groups attached to an aromatic ring is 1. The summed E-state index contributed by atoms with van der Waals surface area (Å²) in [5, 5.41) is 0.798. The van der Waals surface area contributed by atoms with Crippen LogP contribution in [0.1, 0.15) is 0 Å². The predicted molar refractivity (Wildman–Crippen MR) is 55.6 cm³/mol. The fraction of sp³-hybridized carbons (Fsp3) is 0.500. The molecular weight excluding hydrogens is 202 g/mol. The summed E-state index contributed by atoms with van der Waals surface area (Å²) in [6, 6.07) is 1.75. The van der Waals surface area contributed by atoms with Gasteiger partial charge in [0.15, 0.2) is 0 Å². The third kappa shape index (κ3) is 3.39. The molecule has 1 aromatic rings. The van der Waals surface area contributed by atoms with Gasteiger partial charge < -0.3 is 15.2 Å². The first-order valence-electron chi connectivity index (χ1n) is 4.06. The van der Waals surface area contributed by atoms with E-state index in [9.17, 15) is 0 Å². The summed E-state index contributed by atoms with van der Waals surface area (Å²) in [4.78, 5) is 7.93. The molecule has 2 N–H and O–H groups in total. The highest BCUT2D eigenvalue weighted by Gasteiger charge is 2.02. The molecule has 0 aromatic carbocycles. The molecule has 0 atom stereocenters. The van der Waals surface area contributed by atoms with Gasteiger partial charge in [0.2, 0.25) is 11.8 Å². The smallest absolute Gasteiger partial charge is 0.224 e. The minimum atomic E-state index is 0.226. The number of nitrogens with two attached hydrogens (primary N) is 1. The van der Waals surface area contributed by atoms with Crippen LogP contribution in [0.4, 0.5) is 5.95 Å². The van der Waals surface area contributed by atoms with E-state index < -0.39 is 0 Å². The van der Waals surface area contributed by atoms with Gasteiger partial charge in [-0.05, 0) is 0 Å². The van der Waals surface area contributed by atoms with Gasteiger partial charge in [-0.3, -0.25) is 0 Å². The van der Waals surface area contributed by atoms with Gasteiger partial charge in [-0.1, -0.05) is 0 Å². The van der Waals surface area contributed by atoms with Crippen LogP contribution in [0.15, 0.2) is 11.1 Å². The Morgan fingerprint density at radius 2 is 2.21 bits per heavy atom. The largest absolute Gasteiger partial charge is 0.481 e. The average molecular weight is 215 g/mol. The lowest BCUT2D eigenvalue weighted by molar-refractivity contribution is 0.218. The minimum Gasteiger partial charge on any atom is -0.481 e. The molecule has 0 aliphatic rings. The van der Waals surface area contributed by atoms with E-state index in [1.54, 1.807) is 32.0 Å². The maximum Gasteiger partial charge on any atom is 0.224 e. The summed E-state index contributed by atoms with van der Waals surface area (Å²) in [6.07, 6.45) is 0. The monoisotopic (exact) mass is 215 g/mol. The molecule has 0 spiro atoms. The molecule has 1 aromatic heterocycles. The fourth-order valence-electron chi connectivity index (χ4n) is 0.829. The van der Waals surface area contributed by atoms with Gasteiger partial charge in [-0.25, -0.2) is 4.98 Å². The Balaban J connectivity index is 2.62. The number of anilines is 1. The van der Waals surface area contributed by atoms with Crippen LogP contribution in [0.25, 0.3) is 0 Å². The second kappa shape index (κ2) is 5.66. The van der Waals surface area contributed by atoms with E-state index in [0.29, 0.717) is 12.5 Å². The zero-order valence-corrected chi connectivity index (χ0v) is 9.00. The number of methoxy groups -OCH3 is 2. The molecule has 0 bridgehead atoms. The van der Waals surface area contributed by atoms with Crippen LogP contribution in [-0.2, 0) is 4.74 Å². The molecule has 0 aliphatic heterocycles. The van der Waals surface area contributed by atoms with Crippen LogP contribution in [0.2, 0.25) is 0 Å². The number of hydrogen-bond donors (Lipinski definition) is 1. The zero-order chi connectivity index (χ0) is 10.4. The third-order valence-corrected chi connectivity index (χ3v) is 2.32. The number of ether oxygens (including phenoxy) is 2. The van der Waals surface area contributed by atoms with Gasteiger partial charge in [0, 0.05) is 18.9 Å². The molecule has 0 unspecified atom stereocenters. The van der Waals surface area contributed by atoms with Crippen molar-refractivity contribution in [3.63, 3.8) is 0 Å². The lowest BCUT2D eigenvalue weighted by atomic mass is 10.6. The summed E-state index contributed by atoms with van der Waals surface area (Å²) >= 11 is 1.55. The Labute approximate surface area is 87.0 Å². The molecule has 0 amide bonds. The second-order valence-electron chi connectivity index (χ2n) is 2.45. The van der Waals surface area contributed by atoms with E-state index in [-0.39, 0.29) is 5.95 Å². The van der Waals surface area contributed by atoms with Gasteiger partial charge in [0.1, 0.15) is 5.03 Å². The lowest BCUT2D eigenvalue weighted by Gasteiger charge is -2.03. The first kappa shape index (κ1) is 11.1. The van der Waals surface area contributed by atoms with Crippen LogP contribution in [0, 0.1) is 0 Å². The molecule has 1 rings (SSSR count). The number of nitrogens with zero attached hydrogens (tertiary/aromatic N) is 2. The summed E-state index contributed by atoms with van der Waals surface area (Å²) in [5.74, 6) is 1.54. The summed E-state index contributed by atoms with van der Waals surface area (Å²) in [7, 11) is 3.21. The van der Waals surface area contributed by atoms with E-state index in [0.717, 1.165) is 10.8 Å². The van der Waals surface area contributed by atoms with Crippen molar-refractivity contribution in [3.05, 3.63) is 6.07 Å². The van der Waals surface area contributed by atoms with Gasteiger partial charge in [-0.15, -0.1) is 11.8 Å². The number of hydrogen-bond acceptors (Lipinski definition) is 6. The minimum absolute atomic E-state index is 0.226. The molecule has 0 saturated heterocycles. The highest BCUT2D eigenvalue weighted by atomic mass is 32.2. The number of rotatable bonds is 5. The van der Waals surface area contributed by atoms with Crippen molar-refractivity contribution in [1.29, 1.82) is 0 Å². The van der Waals surface area contributed by atoms with Gasteiger partial charge in [0.05, 0.1) is 13.7 Å². The highest BCUT2D eigenvalue weighted by Crippen LogP contribution is 2.19. The Hall–Kier alpha value is -1.01. The molecule has 78 valence electrons. The zero-order valence-electron chi connectivity index (χ0n) is 8.19.